The van der Waals surface area contributed by atoms with Crippen molar-refractivity contribution in [3.8, 4) is 0 Å². The van der Waals surface area contributed by atoms with Gasteiger partial charge in [0.05, 0.1) is 0 Å². The number of esters is 7. The van der Waals surface area contributed by atoms with Gasteiger partial charge in [-0.25, -0.2) is 4.79 Å². The molecular weight excluding hydrogens is 937 g/mol. The normalized spacial score (nSPS) is 24.5. The first-order valence-corrected chi connectivity index (χ1v) is 24.8. The maximum atomic E-state index is 14.3. The van der Waals surface area contributed by atoms with Gasteiger partial charge in [-0.05, 0) is 27.2 Å². The molecule has 2 fully saturated rings. The molecule has 0 aromatic carbocycles. The highest BCUT2D eigenvalue weighted by Crippen LogP contribution is 2.35. The molecule has 2 aliphatic heterocycles. The summed E-state index contributed by atoms with van der Waals surface area (Å²) in [4.78, 5) is 115. The molecule has 22 heteroatoms. The first-order valence-electron chi connectivity index (χ1n) is 24.8. The Kier molecular flexibility index (Phi) is 28.0. The zero-order valence-electron chi connectivity index (χ0n) is 43.5. The van der Waals surface area contributed by atoms with Crippen molar-refractivity contribution in [2.75, 3.05) is 13.2 Å². The number of rotatable bonds is 29. The molecule has 11 atom stereocenters. The van der Waals surface area contributed by atoms with Crippen LogP contribution in [0.25, 0.3) is 0 Å². The van der Waals surface area contributed by atoms with E-state index in [-0.39, 0.29) is 6.42 Å². The topological polar surface area (TPSA) is 279 Å². The maximum absolute atomic E-state index is 14.3. The van der Waals surface area contributed by atoms with Gasteiger partial charge in [-0.2, -0.15) is 0 Å². The van der Waals surface area contributed by atoms with E-state index in [9.17, 15) is 43.2 Å². The SMILES string of the molecule is CCCCCCCCCCCCCCCC[C@@H](NC(=O)OC(C)(C)C)C(=O)N[C@@H]1O[C@H](COC(C)=O)[C@@H](O[C@H]2O[C@H](COC(C)=O)[C@@H](OC(C)=O)[C@H](OC(C)=O)[C@H]2OC(C)=O)[C@H](OC(C)=O)[C@H]1OC(C)=O. The second-order valence-corrected chi connectivity index (χ2v) is 18.8. The van der Waals surface area contributed by atoms with Crippen molar-refractivity contribution in [3.05, 3.63) is 0 Å². The molecule has 0 aliphatic carbocycles. The summed E-state index contributed by atoms with van der Waals surface area (Å²) in [6.07, 6.45) is -2.08. The van der Waals surface area contributed by atoms with Gasteiger partial charge in [0.25, 0.3) is 0 Å². The van der Waals surface area contributed by atoms with Crippen LogP contribution in [0.15, 0.2) is 0 Å². The Morgan fingerprint density at radius 2 is 0.873 bits per heavy atom. The first-order chi connectivity index (χ1) is 33.4. The van der Waals surface area contributed by atoms with E-state index in [0.717, 1.165) is 80.6 Å². The molecule has 0 saturated carbocycles. The van der Waals surface area contributed by atoms with E-state index in [1.54, 1.807) is 20.8 Å². The molecule has 71 heavy (non-hydrogen) atoms. The molecule has 0 unspecified atom stereocenters. The van der Waals surface area contributed by atoms with Crippen LogP contribution in [0.4, 0.5) is 4.79 Å². The van der Waals surface area contributed by atoms with Gasteiger partial charge in [0.15, 0.2) is 43.0 Å². The van der Waals surface area contributed by atoms with Gasteiger partial charge < -0.3 is 62.7 Å². The number of hydrogen-bond donors (Lipinski definition) is 2. The molecule has 0 bridgehead atoms. The second-order valence-electron chi connectivity index (χ2n) is 18.8. The largest absolute Gasteiger partial charge is 0.463 e. The number of hydrogen-bond acceptors (Lipinski definition) is 20. The lowest BCUT2D eigenvalue weighted by molar-refractivity contribution is -0.345. The van der Waals surface area contributed by atoms with Crippen LogP contribution in [-0.4, -0.2) is 140 Å². The Bertz CT molecular complexity index is 1740. The van der Waals surface area contributed by atoms with Gasteiger partial charge in [-0.3, -0.25) is 38.4 Å². The fraction of sp³-hybridized carbons (Fsp3) is 0.816. The van der Waals surface area contributed by atoms with E-state index in [0.29, 0.717) is 6.42 Å². The summed E-state index contributed by atoms with van der Waals surface area (Å²) >= 11 is 0. The van der Waals surface area contributed by atoms with Crippen LogP contribution >= 0.6 is 0 Å². The highest BCUT2D eigenvalue weighted by atomic mass is 16.8. The molecule has 0 radical (unpaired) electrons. The summed E-state index contributed by atoms with van der Waals surface area (Å²) in [6.45, 7) is 13.2. The Balaban J connectivity index is 2.52. The summed E-state index contributed by atoms with van der Waals surface area (Å²) in [7, 11) is 0. The molecule has 406 valence electrons. The third-order valence-corrected chi connectivity index (χ3v) is 11.1. The van der Waals surface area contributed by atoms with Crippen LogP contribution in [0.1, 0.15) is 172 Å². The summed E-state index contributed by atoms with van der Waals surface area (Å²) in [5.74, 6) is -7.06. The molecule has 2 aliphatic rings. The van der Waals surface area contributed by atoms with Crippen LogP contribution in [0, 0.1) is 0 Å². The van der Waals surface area contributed by atoms with Gasteiger partial charge in [0, 0.05) is 48.5 Å². The summed E-state index contributed by atoms with van der Waals surface area (Å²) in [5.41, 5.74) is -0.917. The van der Waals surface area contributed by atoms with E-state index >= 15 is 0 Å². The predicted octanol–water partition coefficient (Wildman–Crippen LogP) is 5.49. The molecule has 0 spiro atoms. The maximum Gasteiger partial charge on any atom is 0.408 e. The smallest absolute Gasteiger partial charge is 0.408 e. The van der Waals surface area contributed by atoms with Crippen molar-refractivity contribution < 1.29 is 95.3 Å². The number of carbonyl (C=O) groups is 9. The zero-order chi connectivity index (χ0) is 53.3. The Morgan fingerprint density at radius 1 is 0.479 bits per heavy atom. The minimum atomic E-state index is -1.89. The Labute approximate surface area is 417 Å². The third-order valence-electron chi connectivity index (χ3n) is 11.1. The van der Waals surface area contributed by atoms with E-state index in [1.165, 1.54) is 51.4 Å². The van der Waals surface area contributed by atoms with Crippen LogP contribution in [0.5, 0.6) is 0 Å². The number of carbonyl (C=O) groups excluding carboxylic acids is 9. The average molecular weight is 1020 g/mol. The van der Waals surface area contributed by atoms with Crippen molar-refractivity contribution in [1.29, 1.82) is 0 Å². The Morgan fingerprint density at radius 3 is 1.31 bits per heavy atom. The number of amides is 2. The standard InChI is InChI=1S/C49H80N2O20/c1-12-13-14-15-16-17-18-19-20-21-22-23-24-25-26-36(50-48(60)71-49(9,10)11)45(59)51-46-43(66-34(7)57)41(64-32(5)55)40(37(68-46)27-61-29(2)52)70-47-44(67-35(8)58)42(65-33(6)56)39(63-31(4)54)38(69-47)28-62-30(3)53/h36-44,46-47H,12-28H2,1-11H3,(H,50,60)(H,51,59)/t36-,37-,38-,39-,40-,41+,42+,43-,44-,46-,47-/m1/s1. The number of nitrogens with one attached hydrogen (secondary N) is 2. The third kappa shape index (κ3) is 24.7. The second kappa shape index (κ2) is 32.1. The summed E-state index contributed by atoms with van der Waals surface area (Å²) < 4.78 is 62.8. The van der Waals surface area contributed by atoms with Crippen molar-refractivity contribution in [1.82, 2.24) is 10.6 Å². The number of unbranched alkanes of at least 4 members (excludes halogenated alkanes) is 13. The van der Waals surface area contributed by atoms with Gasteiger partial charge in [-0.15, -0.1) is 0 Å². The molecule has 2 saturated heterocycles. The molecule has 2 amide bonds. The molecule has 2 rings (SSSR count). The first kappa shape index (κ1) is 62.0. The monoisotopic (exact) mass is 1020 g/mol. The van der Waals surface area contributed by atoms with E-state index in [1.807, 2.05) is 0 Å². The van der Waals surface area contributed by atoms with E-state index < -0.39 is 140 Å². The highest BCUT2D eigenvalue weighted by molar-refractivity contribution is 5.86. The summed E-state index contributed by atoms with van der Waals surface area (Å²) in [6, 6.07) is -1.21. The molecule has 2 heterocycles. The van der Waals surface area contributed by atoms with Crippen molar-refractivity contribution in [3.63, 3.8) is 0 Å². The average Bonchev–Trinajstić information content (AvgIpc) is 3.24. The molecule has 2 N–H and O–H groups in total. The van der Waals surface area contributed by atoms with Gasteiger partial charge in [-0.1, -0.05) is 96.8 Å². The van der Waals surface area contributed by atoms with Gasteiger partial charge in [0.1, 0.15) is 43.2 Å². The van der Waals surface area contributed by atoms with Gasteiger partial charge >= 0.3 is 47.9 Å². The number of ether oxygens (including phenoxy) is 11. The van der Waals surface area contributed by atoms with Crippen LogP contribution in [-0.2, 0) is 90.5 Å². The molecular formula is C49H80N2O20. The fourth-order valence-corrected chi connectivity index (χ4v) is 8.13. The lowest BCUT2D eigenvalue weighted by Gasteiger charge is -2.49. The minimum Gasteiger partial charge on any atom is -0.463 e. The zero-order valence-corrected chi connectivity index (χ0v) is 43.5. The quantitative estimate of drug-likeness (QED) is 0.0532. The molecule has 22 nitrogen and oxygen atoms in total. The molecule has 0 aromatic heterocycles. The fourth-order valence-electron chi connectivity index (χ4n) is 8.13. The van der Waals surface area contributed by atoms with Crippen molar-refractivity contribution >= 4 is 53.8 Å². The predicted molar refractivity (Wildman–Crippen MR) is 249 cm³/mol. The minimum absolute atomic E-state index is 0.160. The van der Waals surface area contributed by atoms with Crippen LogP contribution in [0.3, 0.4) is 0 Å². The van der Waals surface area contributed by atoms with Crippen LogP contribution in [0.2, 0.25) is 0 Å². The number of alkyl carbamates (subject to hydrolysis) is 1. The lowest BCUT2D eigenvalue weighted by atomic mass is 9.95. The van der Waals surface area contributed by atoms with E-state index in [4.69, 9.17) is 52.1 Å². The van der Waals surface area contributed by atoms with E-state index in [2.05, 4.69) is 17.6 Å². The van der Waals surface area contributed by atoms with Crippen LogP contribution < -0.4 is 10.6 Å². The Hall–Kier alpha value is -5.09. The van der Waals surface area contributed by atoms with Crippen molar-refractivity contribution in [2.45, 2.75) is 245 Å². The van der Waals surface area contributed by atoms with Gasteiger partial charge in [0.2, 0.25) is 5.91 Å². The summed E-state index contributed by atoms with van der Waals surface area (Å²) in [5, 5.41) is 5.28. The van der Waals surface area contributed by atoms with Crippen molar-refractivity contribution in [2.24, 2.45) is 0 Å². The highest BCUT2D eigenvalue weighted by Gasteiger charge is 2.57. The lowest BCUT2D eigenvalue weighted by Crippen LogP contribution is -2.69. The molecule has 0 aromatic rings.